The van der Waals surface area contributed by atoms with Crippen LogP contribution in [0.15, 0.2) is 35.0 Å². The number of halogens is 2. The van der Waals surface area contributed by atoms with Gasteiger partial charge in [0.2, 0.25) is 11.7 Å². The van der Waals surface area contributed by atoms with Crippen LogP contribution in [0.4, 0.5) is 4.39 Å². The molecule has 0 N–H and O–H groups in total. The van der Waals surface area contributed by atoms with Gasteiger partial charge in [-0.3, -0.25) is 4.68 Å². The van der Waals surface area contributed by atoms with Crippen LogP contribution in [0.2, 0.25) is 5.02 Å². The van der Waals surface area contributed by atoms with Crippen molar-refractivity contribution in [1.82, 2.24) is 19.9 Å². The van der Waals surface area contributed by atoms with E-state index in [-0.39, 0.29) is 5.82 Å². The van der Waals surface area contributed by atoms with Gasteiger partial charge in [-0.1, -0.05) is 16.8 Å². The van der Waals surface area contributed by atoms with Crippen LogP contribution in [0.1, 0.15) is 11.6 Å². The van der Waals surface area contributed by atoms with E-state index in [1.165, 1.54) is 12.1 Å². The van der Waals surface area contributed by atoms with Gasteiger partial charge in [0.05, 0.1) is 16.9 Å². The third kappa shape index (κ3) is 2.42. The maximum absolute atomic E-state index is 12.9. The van der Waals surface area contributed by atoms with Crippen LogP contribution >= 0.6 is 11.6 Å². The molecule has 0 saturated heterocycles. The Labute approximate surface area is 119 Å². The summed E-state index contributed by atoms with van der Waals surface area (Å²) in [4.78, 5) is 4.25. The van der Waals surface area contributed by atoms with E-state index in [0.717, 1.165) is 5.69 Å². The van der Waals surface area contributed by atoms with E-state index in [1.54, 1.807) is 23.0 Å². The van der Waals surface area contributed by atoms with Crippen molar-refractivity contribution in [2.45, 2.75) is 13.5 Å². The molecule has 0 fully saturated rings. The second kappa shape index (κ2) is 5.05. The van der Waals surface area contributed by atoms with Crippen LogP contribution in [0.3, 0.4) is 0 Å². The van der Waals surface area contributed by atoms with E-state index >= 15 is 0 Å². The van der Waals surface area contributed by atoms with Gasteiger partial charge in [0, 0.05) is 5.56 Å². The molecule has 0 saturated carbocycles. The van der Waals surface area contributed by atoms with E-state index in [9.17, 15) is 4.39 Å². The Hall–Kier alpha value is -2.21. The SMILES string of the molecule is Cc1c(Cl)cnn1Cc1nc(-c2ccc(F)cc2)no1. The van der Waals surface area contributed by atoms with Gasteiger partial charge in [-0.25, -0.2) is 4.39 Å². The smallest absolute Gasteiger partial charge is 0.248 e. The number of hydrogen-bond donors (Lipinski definition) is 0. The summed E-state index contributed by atoms with van der Waals surface area (Å²) in [5, 5.41) is 8.56. The van der Waals surface area contributed by atoms with Crippen LogP contribution in [0.5, 0.6) is 0 Å². The summed E-state index contributed by atoms with van der Waals surface area (Å²) in [6.45, 7) is 2.19. The predicted octanol–water partition coefficient (Wildman–Crippen LogP) is 3.08. The fourth-order valence-electron chi connectivity index (χ4n) is 1.75. The zero-order valence-corrected chi connectivity index (χ0v) is 11.3. The predicted molar refractivity (Wildman–Crippen MR) is 70.8 cm³/mol. The summed E-state index contributed by atoms with van der Waals surface area (Å²) in [5.74, 6) is 0.516. The molecular formula is C13H10ClFN4O. The van der Waals surface area contributed by atoms with Gasteiger partial charge in [-0.15, -0.1) is 0 Å². The third-order valence-electron chi connectivity index (χ3n) is 2.90. The molecule has 0 spiro atoms. The Morgan fingerprint density at radius 1 is 1.30 bits per heavy atom. The maximum Gasteiger partial charge on any atom is 0.248 e. The molecule has 0 radical (unpaired) electrons. The molecule has 0 aliphatic rings. The minimum absolute atomic E-state index is 0.306. The standard InChI is InChI=1S/C13H10ClFN4O/c1-8-11(14)6-16-19(8)7-12-17-13(18-20-12)9-2-4-10(15)5-3-9/h2-6H,7H2,1H3. The van der Waals surface area contributed by atoms with Gasteiger partial charge >= 0.3 is 0 Å². The fourth-order valence-corrected chi connectivity index (χ4v) is 1.89. The quantitative estimate of drug-likeness (QED) is 0.744. The molecule has 0 aliphatic carbocycles. The molecule has 20 heavy (non-hydrogen) atoms. The summed E-state index contributed by atoms with van der Waals surface area (Å²) in [7, 11) is 0. The van der Waals surface area contributed by atoms with Crippen LogP contribution in [0.25, 0.3) is 11.4 Å². The Kier molecular flexibility index (Phi) is 3.23. The summed E-state index contributed by atoms with van der Waals surface area (Å²) < 4.78 is 19.7. The lowest BCUT2D eigenvalue weighted by Crippen LogP contribution is -2.03. The van der Waals surface area contributed by atoms with Gasteiger partial charge in [-0.2, -0.15) is 10.1 Å². The highest BCUT2D eigenvalue weighted by Crippen LogP contribution is 2.18. The first-order valence-electron chi connectivity index (χ1n) is 5.90. The maximum atomic E-state index is 12.9. The van der Waals surface area contributed by atoms with Gasteiger partial charge in [0.15, 0.2) is 0 Å². The Morgan fingerprint density at radius 2 is 2.05 bits per heavy atom. The normalized spacial score (nSPS) is 10.9. The van der Waals surface area contributed by atoms with Crippen LogP contribution in [0, 0.1) is 12.7 Å². The molecule has 0 atom stereocenters. The molecule has 3 rings (SSSR count). The van der Waals surface area contributed by atoms with E-state index in [4.69, 9.17) is 16.1 Å². The molecule has 102 valence electrons. The van der Waals surface area contributed by atoms with E-state index < -0.39 is 0 Å². The average molecular weight is 293 g/mol. The van der Waals surface area contributed by atoms with Crippen molar-refractivity contribution >= 4 is 11.6 Å². The molecular weight excluding hydrogens is 283 g/mol. The molecule has 1 aromatic carbocycles. The van der Waals surface area contributed by atoms with E-state index in [0.29, 0.717) is 28.8 Å². The lowest BCUT2D eigenvalue weighted by molar-refractivity contribution is 0.365. The van der Waals surface area contributed by atoms with Gasteiger partial charge < -0.3 is 4.52 Å². The summed E-state index contributed by atoms with van der Waals surface area (Å²) in [5.41, 5.74) is 1.52. The average Bonchev–Trinajstić information content (AvgIpc) is 3.02. The van der Waals surface area contributed by atoms with E-state index in [2.05, 4.69) is 15.2 Å². The molecule has 0 amide bonds. The number of benzene rings is 1. The number of aromatic nitrogens is 4. The lowest BCUT2D eigenvalue weighted by Gasteiger charge is -1.99. The fraction of sp³-hybridized carbons (Fsp3) is 0.154. The van der Waals surface area contributed by atoms with Crippen molar-refractivity contribution in [2.75, 3.05) is 0 Å². The van der Waals surface area contributed by atoms with Crippen molar-refractivity contribution < 1.29 is 8.91 Å². The number of rotatable bonds is 3. The van der Waals surface area contributed by atoms with Gasteiger partial charge in [0.1, 0.15) is 12.4 Å². The van der Waals surface area contributed by atoms with Gasteiger partial charge in [-0.05, 0) is 31.2 Å². The summed E-state index contributed by atoms with van der Waals surface area (Å²) >= 11 is 5.93. The molecule has 2 aromatic heterocycles. The largest absolute Gasteiger partial charge is 0.337 e. The van der Waals surface area contributed by atoms with Crippen LogP contribution in [-0.4, -0.2) is 19.9 Å². The highest BCUT2D eigenvalue weighted by atomic mass is 35.5. The molecule has 3 aromatic rings. The molecule has 0 bridgehead atoms. The Morgan fingerprint density at radius 3 is 2.70 bits per heavy atom. The highest BCUT2D eigenvalue weighted by Gasteiger charge is 2.11. The van der Waals surface area contributed by atoms with Crippen molar-refractivity contribution in [3.05, 3.63) is 52.9 Å². The Balaban J connectivity index is 1.83. The highest BCUT2D eigenvalue weighted by molar-refractivity contribution is 6.31. The minimum atomic E-state index is -0.306. The summed E-state index contributed by atoms with van der Waals surface area (Å²) in [6.07, 6.45) is 1.56. The third-order valence-corrected chi connectivity index (χ3v) is 3.27. The second-order valence-electron chi connectivity index (χ2n) is 4.25. The van der Waals surface area contributed by atoms with Crippen LogP contribution in [-0.2, 0) is 6.54 Å². The summed E-state index contributed by atoms with van der Waals surface area (Å²) in [6, 6.07) is 5.89. The van der Waals surface area contributed by atoms with Crippen molar-refractivity contribution in [3.8, 4) is 11.4 Å². The van der Waals surface area contributed by atoms with Crippen molar-refractivity contribution in [2.24, 2.45) is 0 Å². The van der Waals surface area contributed by atoms with Crippen LogP contribution < -0.4 is 0 Å². The van der Waals surface area contributed by atoms with Crippen molar-refractivity contribution in [1.29, 1.82) is 0 Å². The number of hydrogen-bond acceptors (Lipinski definition) is 4. The van der Waals surface area contributed by atoms with E-state index in [1.807, 2.05) is 6.92 Å². The first-order valence-corrected chi connectivity index (χ1v) is 6.28. The first-order chi connectivity index (χ1) is 9.63. The first kappa shape index (κ1) is 12.8. The molecule has 5 nitrogen and oxygen atoms in total. The van der Waals surface area contributed by atoms with Crippen molar-refractivity contribution in [3.63, 3.8) is 0 Å². The molecule has 2 heterocycles. The topological polar surface area (TPSA) is 56.7 Å². The second-order valence-corrected chi connectivity index (χ2v) is 4.66. The molecule has 0 unspecified atom stereocenters. The molecule has 0 aliphatic heterocycles. The molecule has 7 heteroatoms. The zero-order valence-electron chi connectivity index (χ0n) is 10.5. The number of nitrogens with zero attached hydrogens (tertiary/aromatic N) is 4. The lowest BCUT2D eigenvalue weighted by atomic mass is 10.2. The monoisotopic (exact) mass is 292 g/mol. The van der Waals surface area contributed by atoms with Gasteiger partial charge in [0.25, 0.3) is 0 Å². The Bertz CT molecular complexity index is 735. The minimum Gasteiger partial charge on any atom is -0.337 e. The zero-order chi connectivity index (χ0) is 14.1.